The third-order valence-corrected chi connectivity index (χ3v) is 5.26. The van der Waals surface area contributed by atoms with Gasteiger partial charge in [-0.3, -0.25) is 0 Å². The molecule has 148 valence electrons. The highest BCUT2D eigenvalue weighted by Crippen LogP contribution is 2.39. The van der Waals surface area contributed by atoms with Crippen LogP contribution >= 0.6 is 11.3 Å². The maximum atomic E-state index is 5.53. The van der Waals surface area contributed by atoms with Gasteiger partial charge in [0.15, 0.2) is 17.5 Å². The number of hydrogen-bond donors (Lipinski definition) is 2. The summed E-state index contributed by atoms with van der Waals surface area (Å²) in [5.74, 6) is 2.62. The van der Waals surface area contributed by atoms with E-state index in [-0.39, 0.29) is 0 Å². The van der Waals surface area contributed by atoms with Gasteiger partial charge >= 0.3 is 0 Å². The molecule has 2 aromatic rings. The number of ether oxygens (including phenoxy) is 3. The molecule has 2 N–H and O–H groups in total. The summed E-state index contributed by atoms with van der Waals surface area (Å²) < 4.78 is 16.3. The Morgan fingerprint density at radius 1 is 0.926 bits per heavy atom. The van der Waals surface area contributed by atoms with E-state index in [1.165, 1.54) is 9.75 Å². The number of methoxy groups -OCH3 is 3. The third-order valence-electron chi connectivity index (χ3n) is 4.03. The first-order chi connectivity index (χ1) is 13.2. The van der Waals surface area contributed by atoms with Crippen LogP contribution in [0.25, 0.3) is 0 Å². The molecule has 0 aliphatic heterocycles. The van der Waals surface area contributed by atoms with E-state index in [4.69, 9.17) is 14.2 Å². The van der Waals surface area contributed by atoms with E-state index >= 15 is 0 Å². The van der Waals surface area contributed by atoms with Gasteiger partial charge in [-0.2, -0.15) is 0 Å². The first-order valence-corrected chi connectivity index (χ1v) is 9.86. The molecule has 1 heterocycles. The molecule has 0 aliphatic carbocycles. The van der Waals surface area contributed by atoms with Crippen molar-refractivity contribution in [1.29, 1.82) is 0 Å². The van der Waals surface area contributed by atoms with Crippen molar-refractivity contribution in [3.8, 4) is 17.2 Å². The van der Waals surface area contributed by atoms with Crippen molar-refractivity contribution in [3.63, 3.8) is 0 Å². The molecule has 27 heavy (non-hydrogen) atoms. The summed E-state index contributed by atoms with van der Waals surface area (Å²) in [4.78, 5) is 7.37. The van der Waals surface area contributed by atoms with Gasteiger partial charge in [0.2, 0.25) is 5.75 Å². The van der Waals surface area contributed by atoms with Gasteiger partial charge in [0.05, 0.1) is 34.4 Å². The summed E-state index contributed by atoms with van der Waals surface area (Å²) in [6.07, 6.45) is 1.07. The van der Waals surface area contributed by atoms with Gasteiger partial charge in [-0.15, -0.1) is 11.3 Å². The number of aryl methyl sites for hydroxylation is 1. The normalized spacial score (nSPS) is 11.2. The van der Waals surface area contributed by atoms with Crippen LogP contribution in [0.2, 0.25) is 0 Å². The van der Waals surface area contributed by atoms with E-state index < -0.39 is 0 Å². The van der Waals surface area contributed by atoms with Crippen molar-refractivity contribution in [3.05, 3.63) is 39.6 Å². The fourth-order valence-corrected chi connectivity index (χ4v) is 3.57. The Hall–Kier alpha value is -2.41. The molecule has 2 rings (SSSR count). The summed E-state index contributed by atoms with van der Waals surface area (Å²) >= 11 is 1.83. The molecule has 0 bridgehead atoms. The molecule has 1 aromatic heterocycles. The lowest BCUT2D eigenvalue weighted by molar-refractivity contribution is 0.322. The van der Waals surface area contributed by atoms with E-state index in [2.05, 4.69) is 41.6 Å². The summed E-state index contributed by atoms with van der Waals surface area (Å²) in [5.41, 5.74) is 0.928. The lowest BCUT2D eigenvalue weighted by Crippen LogP contribution is -2.36. The van der Waals surface area contributed by atoms with Crippen LogP contribution in [-0.2, 0) is 19.5 Å². The molecule has 0 saturated heterocycles. The van der Waals surface area contributed by atoms with Gasteiger partial charge in [-0.1, -0.05) is 6.92 Å². The van der Waals surface area contributed by atoms with Gasteiger partial charge in [-0.05, 0) is 37.6 Å². The number of nitrogens with one attached hydrogen (secondary N) is 2. The van der Waals surface area contributed by atoms with Gasteiger partial charge < -0.3 is 24.8 Å². The molecule has 0 spiro atoms. The minimum absolute atomic E-state index is 0.462. The van der Waals surface area contributed by atoms with E-state index in [1.807, 2.05) is 23.5 Å². The molecule has 1 aromatic carbocycles. The van der Waals surface area contributed by atoms with Crippen LogP contribution in [0.15, 0.2) is 29.3 Å². The highest BCUT2D eigenvalue weighted by atomic mass is 32.1. The van der Waals surface area contributed by atoms with Crippen molar-refractivity contribution in [2.75, 3.05) is 27.9 Å². The number of benzene rings is 1. The average Bonchev–Trinajstić information content (AvgIpc) is 3.17. The van der Waals surface area contributed by atoms with Crippen LogP contribution in [0.5, 0.6) is 17.2 Å². The largest absolute Gasteiger partial charge is 0.493 e. The fraction of sp³-hybridized carbons (Fsp3) is 0.450. The number of thiophene rings is 1. The standard InChI is InChI=1S/C20H29N3O3S/c1-6-15-9-10-16(27-15)13-23-20(21-7-2)22-12-14-8-11-17(24-3)19(26-5)18(14)25-4/h8-11H,6-7,12-13H2,1-5H3,(H2,21,22,23). The van der Waals surface area contributed by atoms with Crippen LogP contribution in [0.4, 0.5) is 0 Å². The average molecular weight is 392 g/mol. The summed E-state index contributed by atoms with van der Waals surface area (Å²) in [5, 5.41) is 6.67. The van der Waals surface area contributed by atoms with E-state index in [9.17, 15) is 0 Å². The van der Waals surface area contributed by atoms with Crippen molar-refractivity contribution in [2.45, 2.75) is 33.4 Å². The smallest absolute Gasteiger partial charge is 0.203 e. The lowest BCUT2D eigenvalue weighted by atomic mass is 10.1. The monoisotopic (exact) mass is 391 g/mol. The molecule has 0 radical (unpaired) electrons. The summed E-state index contributed by atoms with van der Waals surface area (Å²) in [7, 11) is 4.83. The Morgan fingerprint density at radius 2 is 1.67 bits per heavy atom. The summed E-state index contributed by atoms with van der Waals surface area (Å²) in [6, 6.07) is 8.15. The van der Waals surface area contributed by atoms with E-state index in [0.717, 1.165) is 31.0 Å². The van der Waals surface area contributed by atoms with Crippen molar-refractivity contribution < 1.29 is 14.2 Å². The highest BCUT2D eigenvalue weighted by Gasteiger charge is 2.15. The third kappa shape index (κ3) is 5.53. The molecular formula is C20H29N3O3S. The van der Waals surface area contributed by atoms with Crippen LogP contribution in [0.3, 0.4) is 0 Å². The molecule has 0 amide bonds. The number of aliphatic imine (C=N–C) groups is 1. The second-order valence-corrected chi connectivity index (χ2v) is 7.02. The molecule has 7 heteroatoms. The lowest BCUT2D eigenvalue weighted by Gasteiger charge is -2.15. The van der Waals surface area contributed by atoms with E-state index in [0.29, 0.717) is 23.8 Å². The predicted molar refractivity (Wildman–Crippen MR) is 111 cm³/mol. The second-order valence-electron chi connectivity index (χ2n) is 5.76. The van der Waals surface area contributed by atoms with Crippen LogP contribution in [-0.4, -0.2) is 33.8 Å². The second kappa shape index (κ2) is 10.7. The zero-order valence-corrected chi connectivity index (χ0v) is 17.5. The molecule has 0 atom stereocenters. The Kier molecular flexibility index (Phi) is 8.26. The molecular weight excluding hydrogens is 362 g/mol. The van der Waals surface area contributed by atoms with E-state index in [1.54, 1.807) is 21.3 Å². The Bertz CT molecular complexity index is 759. The van der Waals surface area contributed by atoms with Crippen molar-refractivity contribution in [1.82, 2.24) is 10.6 Å². The minimum atomic E-state index is 0.462. The molecule has 0 saturated carbocycles. The number of rotatable bonds is 9. The van der Waals surface area contributed by atoms with Crippen LogP contribution in [0, 0.1) is 0 Å². The zero-order chi connectivity index (χ0) is 19.6. The maximum Gasteiger partial charge on any atom is 0.203 e. The number of nitrogens with zero attached hydrogens (tertiary/aromatic N) is 1. The highest BCUT2D eigenvalue weighted by molar-refractivity contribution is 7.11. The van der Waals surface area contributed by atoms with Crippen LogP contribution in [0.1, 0.15) is 29.2 Å². The summed E-state index contributed by atoms with van der Waals surface area (Å²) in [6.45, 7) is 6.22. The Labute approximate surface area is 165 Å². The molecule has 6 nitrogen and oxygen atoms in total. The van der Waals surface area contributed by atoms with Gasteiger partial charge in [0, 0.05) is 21.9 Å². The van der Waals surface area contributed by atoms with Crippen molar-refractivity contribution in [2.24, 2.45) is 4.99 Å². The quantitative estimate of drug-likeness (QED) is 0.505. The first-order valence-electron chi connectivity index (χ1n) is 9.04. The van der Waals surface area contributed by atoms with Gasteiger partial charge in [0.25, 0.3) is 0 Å². The van der Waals surface area contributed by atoms with Gasteiger partial charge in [-0.25, -0.2) is 4.99 Å². The number of guanidine groups is 1. The maximum absolute atomic E-state index is 5.53. The molecule has 0 unspecified atom stereocenters. The minimum Gasteiger partial charge on any atom is -0.493 e. The number of hydrogen-bond acceptors (Lipinski definition) is 5. The van der Waals surface area contributed by atoms with Gasteiger partial charge in [0.1, 0.15) is 0 Å². The Morgan fingerprint density at radius 3 is 2.26 bits per heavy atom. The fourth-order valence-electron chi connectivity index (χ4n) is 2.67. The molecule has 0 aliphatic rings. The Balaban J connectivity index is 2.13. The molecule has 0 fully saturated rings. The van der Waals surface area contributed by atoms with Crippen LogP contribution < -0.4 is 24.8 Å². The zero-order valence-electron chi connectivity index (χ0n) is 16.7. The first kappa shape index (κ1) is 20.9. The SMILES string of the molecule is CCNC(=NCc1ccc(OC)c(OC)c1OC)NCc1ccc(CC)s1. The topological polar surface area (TPSA) is 64.1 Å². The predicted octanol–water partition coefficient (Wildman–Crippen LogP) is 3.59. The van der Waals surface area contributed by atoms with Crippen molar-refractivity contribution >= 4 is 17.3 Å².